The fourth-order valence-corrected chi connectivity index (χ4v) is 12.6. The van der Waals surface area contributed by atoms with Crippen LogP contribution < -0.4 is 38.5 Å². The molecule has 4 aromatic heterocycles. The molecule has 0 radical (unpaired) electrons. The molecule has 0 aliphatic carbocycles. The molecular weight excluding hydrogens is 1900 g/mol. The molecule has 0 fully saturated rings. The van der Waals surface area contributed by atoms with Gasteiger partial charge in [-0.3, -0.25) is 0 Å². The number of thioether (sulfide) groups is 2. The van der Waals surface area contributed by atoms with E-state index in [0.717, 1.165) is 46.9 Å². The van der Waals surface area contributed by atoms with Gasteiger partial charge in [0, 0.05) is 76.6 Å². The molecule has 4 heterocycles. The molecule has 0 spiro atoms. The van der Waals surface area contributed by atoms with Crippen LogP contribution in [0.5, 0.6) is 0 Å². The normalized spacial score (nSPS) is 11.0. The van der Waals surface area contributed by atoms with E-state index in [1.54, 1.807) is 85.8 Å². The molecule has 0 saturated carbocycles. The summed E-state index contributed by atoms with van der Waals surface area (Å²) in [6, 6.07) is 0. The first-order valence-corrected chi connectivity index (χ1v) is 50.7. The number of hydrogen-bond donors (Lipinski definition) is 8. The predicted octanol–water partition coefficient (Wildman–Crippen LogP) is 24.3. The number of halogens is 8. The molecule has 0 unspecified atom stereocenters. The number of thiol groups is 1. The Morgan fingerprint density at radius 1 is 0.315 bits per heavy atom. The summed E-state index contributed by atoms with van der Waals surface area (Å²) in [6.45, 7) is 44.2. The van der Waals surface area contributed by atoms with Crippen molar-refractivity contribution in [3.8, 4) is 0 Å². The summed E-state index contributed by atoms with van der Waals surface area (Å²) in [4.78, 5) is 116. The quantitative estimate of drug-likeness (QED) is 0.00388. The Kier molecular flexibility index (Phi) is 84.6. The van der Waals surface area contributed by atoms with E-state index in [1.165, 1.54) is 148 Å². The Balaban J connectivity index is -0.000000479. The number of hydrogen-bond acceptors (Lipinski definition) is 31. The molecule has 0 aliphatic rings. The number of nitrogens with two attached hydrogens (primary N) is 3. The molecule has 0 atom stereocenters. The fourth-order valence-electron chi connectivity index (χ4n) is 9.41. The van der Waals surface area contributed by atoms with Crippen LogP contribution in [0.1, 0.15) is 342 Å². The van der Waals surface area contributed by atoms with Crippen molar-refractivity contribution in [2.24, 2.45) is 17.2 Å². The molecule has 43 heteroatoms. The van der Waals surface area contributed by atoms with Gasteiger partial charge in [-0.25, -0.2) is 63.7 Å². The third kappa shape index (κ3) is 104. The lowest BCUT2D eigenvalue weighted by atomic mass is 10.1. The lowest BCUT2D eigenvalue weighted by molar-refractivity contribution is -0.0295. The minimum Gasteiger partial charge on any atom is -0.444 e. The number of carbonyl (C=O) groups excluding carboxylic acids is 6. The van der Waals surface area contributed by atoms with Crippen LogP contribution in [-0.2, 0) is 52.4 Å². The summed E-state index contributed by atoms with van der Waals surface area (Å²) < 4.78 is 34.3. The molecule has 10 N–H and O–H groups in total. The van der Waals surface area contributed by atoms with Crippen LogP contribution in [0.2, 0.25) is 31.7 Å². The Morgan fingerprint density at radius 2 is 0.554 bits per heavy atom. The lowest BCUT2D eigenvalue weighted by Crippen LogP contribution is -2.35. The van der Waals surface area contributed by atoms with Gasteiger partial charge in [-0.15, -0.1) is 23.2 Å². The lowest BCUT2D eigenvalue weighted by Gasteiger charge is -2.20. The SMILES string of the molecule is CC(C)(C)OC(=O)NCCCc1nc(Cl)nc(Cl)n1.CC(C)(C)OC(=O)NCCN.CC(C)(C)OC(=O)OC(=O)OC(C)(C)C.CCCCCCCCCCS.CCCCCCCCCCSc1nc(C)nc(CCCNC(=O)OC(C)(C)C)n1.CCCCCCCCCCSc1nc(Cl)nc(CCCNC(=O)OC(C)(C)C)n1.ClCCl.Clc1nc(Cl)nc(Cl)n1.NCCN. The van der Waals surface area contributed by atoms with Gasteiger partial charge >= 0.3 is 36.7 Å². The first kappa shape index (κ1) is 134. The van der Waals surface area contributed by atoms with Gasteiger partial charge in [0.25, 0.3) is 0 Å². The van der Waals surface area contributed by atoms with Crippen molar-refractivity contribution in [1.29, 1.82) is 0 Å². The average molecular weight is 2060 g/mol. The number of aromatic nitrogens is 12. The second kappa shape index (κ2) is 82.4. The van der Waals surface area contributed by atoms with Gasteiger partial charge in [-0.05, 0) is 245 Å². The van der Waals surface area contributed by atoms with Crippen molar-refractivity contribution in [3.05, 3.63) is 55.0 Å². The van der Waals surface area contributed by atoms with E-state index in [2.05, 4.69) is 119 Å². The number of alkyl carbamates (subject to hydrolysis) is 4. The smallest absolute Gasteiger partial charge is 0.444 e. The van der Waals surface area contributed by atoms with E-state index in [0.29, 0.717) is 94.7 Å². The summed E-state index contributed by atoms with van der Waals surface area (Å²) in [5.41, 5.74) is 11.7. The standard InChI is InChI=1S/C22H40N4O2S.C21H37ClN4O2S.C11H16Cl2N4O2.C10H18O5.C10H22S.C7H16N2O2.C3Cl3N3.C2H8N2.CH2Cl2/c1-6-7-8-9-10-11-12-13-17-29-20-25-18(2)24-19(26-20)15-14-16-23-21(27)28-22(3,4)5;1-5-6-7-8-9-10-11-12-16-29-19-25-17(24-18(22)26-19)14-13-15-23-20(27)28-21(2,3)4;1-11(2,3)19-10(18)14-6-4-5-7-15-8(12)17-9(13)16-7;1-9(2,3)14-7(11)13-8(12)15-10(4,5)6;1-2-3-4-5-6-7-8-9-10-11;1-7(2,3)11-6(10)9-5-4-8;4-1-7-2(5)9-3(6)8-1;3-1-2-4;2-1-3/h6-17H2,1-5H3,(H,23,27);5-16H2,1-4H3,(H,23,27);4-6H2,1-3H3,(H,14,18);1-6H3;11H,2-10H2,1H3;4-5,8H2,1-3H3,(H,9,10);;1-4H2;1H2. The third-order valence-corrected chi connectivity index (χ3v) is 17.9. The molecule has 32 nitrogen and oxygen atoms in total. The minimum absolute atomic E-state index is 0.000000000000000444. The number of nitrogens with one attached hydrogen (secondary N) is 4. The van der Waals surface area contributed by atoms with E-state index < -0.39 is 64.2 Å². The Morgan fingerprint density at radius 3 is 0.823 bits per heavy atom. The molecule has 754 valence electrons. The van der Waals surface area contributed by atoms with Crippen LogP contribution in [0.15, 0.2) is 10.3 Å². The Labute approximate surface area is 831 Å². The number of amides is 4. The number of unbranched alkanes of at least 4 members (excludes halogenated alkanes) is 21. The maximum Gasteiger partial charge on any atom is 0.519 e. The van der Waals surface area contributed by atoms with E-state index in [9.17, 15) is 28.8 Å². The molecule has 130 heavy (non-hydrogen) atoms. The fraction of sp³-hybridized carbons (Fsp3) is 0.793. The van der Waals surface area contributed by atoms with Gasteiger partial charge in [0.05, 0.1) is 5.34 Å². The van der Waals surface area contributed by atoms with Crippen molar-refractivity contribution in [2.45, 2.75) is 389 Å². The summed E-state index contributed by atoms with van der Waals surface area (Å²) >= 11 is 50.4. The average Bonchev–Trinajstić information content (AvgIpc) is 0.868. The van der Waals surface area contributed by atoms with Crippen LogP contribution in [-0.4, -0.2) is 199 Å². The zero-order valence-electron chi connectivity index (χ0n) is 81.7. The molecule has 0 bridgehead atoms. The summed E-state index contributed by atoms with van der Waals surface area (Å²) in [5, 5.41) is 12.7. The number of nitrogens with zero attached hydrogens (tertiary/aromatic N) is 12. The van der Waals surface area contributed by atoms with Gasteiger partial charge in [0.2, 0.25) is 31.7 Å². The highest BCUT2D eigenvalue weighted by Crippen LogP contribution is 2.22. The number of alkyl halides is 2. The maximum atomic E-state index is 11.7. The zero-order valence-corrected chi connectivity index (χ0v) is 90.3. The molecule has 4 aromatic rings. The van der Waals surface area contributed by atoms with Gasteiger partial charge in [0.15, 0.2) is 10.3 Å². The van der Waals surface area contributed by atoms with Gasteiger partial charge in [0.1, 0.15) is 56.9 Å². The predicted molar refractivity (Wildman–Crippen MR) is 536 cm³/mol. The number of rotatable bonds is 43. The van der Waals surface area contributed by atoms with Crippen LogP contribution in [0, 0.1) is 6.92 Å². The van der Waals surface area contributed by atoms with E-state index >= 15 is 0 Å². The van der Waals surface area contributed by atoms with Crippen molar-refractivity contribution >= 4 is 166 Å². The van der Waals surface area contributed by atoms with E-state index in [-0.39, 0.29) is 43.1 Å². The van der Waals surface area contributed by atoms with Crippen molar-refractivity contribution in [2.75, 3.05) is 68.4 Å². The monoisotopic (exact) mass is 2050 g/mol. The second-order valence-electron chi connectivity index (χ2n) is 34.7. The Bertz CT molecular complexity index is 3350. The third-order valence-electron chi connectivity index (χ3n) is 14.7. The number of aryl methyl sites for hydroxylation is 4. The molecule has 0 aliphatic heterocycles. The van der Waals surface area contributed by atoms with Crippen molar-refractivity contribution in [3.63, 3.8) is 0 Å². The number of carbonyl (C=O) groups is 6. The molecule has 0 aromatic carbocycles. The first-order chi connectivity index (χ1) is 60.7. The van der Waals surface area contributed by atoms with Gasteiger partial charge < -0.3 is 71.6 Å². The van der Waals surface area contributed by atoms with E-state index in [4.69, 9.17) is 138 Å². The van der Waals surface area contributed by atoms with Crippen LogP contribution in [0.4, 0.5) is 28.8 Å². The first-order valence-electron chi connectivity index (χ1n) is 44.7. The second-order valence-corrected chi connectivity index (χ2v) is 40.1. The van der Waals surface area contributed by atoms with Gasteiger partial charge in [-0.2, -0.15) is 37.5 Å². The van der Waals surface area contributed by atoms with Crippen LogP contribution in [0.3, 0.4) is 0 Å². The molecular formula is C87H159Cl8N19O13S3. The largest absolute Gasteiger partial charge is 0.519 e. The highest BCUT2D eigenvalue weighted by Gasteiger charge is 2.25. The van der Waals surface area contributed by atoms with Gasteiger partial charge in [-0.1, -0.05) is 179 Å². The van der Waals surface area contributed by atoms with Crippen LogP contribution in [0.25, 0.3) is 0 Å². The van der Waals surface area contributed by atoms with Crippen molar-refractivity contribution < 1.29 is 61.9 Å². The van der Waals surface area contributed by atoms with E-state index in [1.807, 2.05) is 69.2 Å². The molecule has 4 rings (SSSR count). The minimum atomic E-state index is -1.06. The Hall–Kier alpha value is -4.89. The molecule has 4 amide bonds. The summed E-state index contributed by atoms with van der Waals surface area (Å²) in [6.07, 6.45) is 32.5. The zero-order chi connectivity index (χ0) is 100. The topological polar surface area (TPSA) is 448 Å². The summed E-state index contributed by atoms with van der Waals surface area (Å²) in [5.74, 6) is 5.82. The highest BCUT2D eigenvalue weighted by molar-refractivity contribution is 7.99. The summed E-state index contributed by atoms with van der Waals surface area (Å²) in [7, 11) is 0. The van der Waals surface area contributed by atoms with Crippen LogP contribution >= 0.6 is 129 Å². The van der Waals surface area contributed by atoms with Crippen molar-refractivity contribution in [1.82, 2.24) is 81.1 Å². The maximum absolute atomic E-state index is 11.7. The number of ether oxygens (including phenoxy) is 7. The highest BCUT2D eigenvalue weighted by atomic mass is 35.5. The molecule has 0 saturated heterocycles.